The number of nitrogens with zero attached hydrogens (tertiary/aromatic N) is 2. The molecule has 1 saturated heterocycles. The Labute approximate surface area is 110 Å². The summed E-state index contributed by atoms with van der Waals surface area (Å²) >= 11 is 0. The Bertz CT molecular complexity index is 280. The lowest BCUT2D eigenvalue weighted by molar-refractivity contribution is -0.146. The Kier molecular flexibility index (Phi) is 4.62. The van der Waals surface area contributed by atoms with Crippen LogP contribution in [0, 0.1) is 5.92 Å². The van der Waals surface area contributed by atoms with Crippen molar-refractivity contribution in [1.82, 2.24) is 9.80 Å². The molecule has 0 aromatic rings. The first kappa shape index (κ1) is 13.8. The van der Waals surface area contributed by atoms with Gasteiger partial charge in [0.15, 0.2) is 0 Å². The number of piperazine rings is 1. The van der Waals surface area contributed by atoms with E-state index in [9.17, 15) is 9.90 Å². The number of carboxylic acid groups (broad SMARTS) is 1. The van der Waals surface area contributed by atoms with Crippen molar-refractivity contribution >= 4 is 5.97 Å². The predicted octanol–water partition coefficient (Wildman–Crippen LogP) is 1.66. The minimum absolute atomic E-state index is 0.181. The molecule has 0 aromatic carbocycles. The second-order valence-corrected chi connectivity index (χ2v) is 6.04. The molecule has 0 amide bonds. The lowest BCUT2D eigenvalue weighted by Crippen LogP contribution is -2.55. The summed E-state index contributed by atoms with van der Waals surface area (Å²) in [5, 5.41) is 9.32. The first-order chi connectivity index (χ1) is 8.59. The van der Waals surface area contributed by atoms with Gasteiger partial charge in [-0.2, -0.15) is 0 Å². The molecule has 1 heterocycles. The summed E-state index contributed by atoms with van der Waals surface area (Å²) in [6.07, 6.45) is 5.42. The van der Waals surface area contributed by atoms with Gasteiger partial charge in [-0.25, -0.2) is 0 Å². The summed E-state index contributed by atoms with van der Waals surface area (Å²) in [7, 11) is 0. The van der Waals surface area contributed by atoms with E-state index in [1.807, 2.05) is 13.8 Å². The fraction of sp³-hybridized carbons (Fsp3) is 0.929. The number of rotatable bonds is 4. The van der Waals surface area contributed by atoms with Crippen molar-refractivity contribution in [2.75, 3.05) is 26.2 Å². The maximum absolute atomic E-state index is 11.3. The lowest BCUT2D eigenvalue weighted by Gasteiger charge is -2.41. The Balaban J connectivity index is 1.86. The molecule has 4 nitrogen and oxygen atoms in total. The average molecular weight is 254 g/mol. The molecule has 0 bridgehead atoms. The number of hydrogen-bond acceptors (Lipinski definition) is 3. The van der Waals surface area contributed by atoms with E-state index in [0.717, 1.165) is 32.2 Å². The Morgan fingerprint density at radius 2 is 1.67 bits per heavy atom. The Morgan fingerprint density at radius 1 is 1.11 bits per heavy atom. The van der Waals surface area contributed by atoms with Crippen molar-refractivity contribution in [2.45, 2.75) is 51.6 Å². The van der Waals surface area contributed by atoms with E-state index in [-0.39, 0.29) is 12.0 Å². The summed E-state index contributed by atoms with van der Waals surface area (Å²) in [4.78, 5) is 16.0. The molecule has 1 unspecified atom stereocenters. The van der Waals surface area contributed by atoms with E-state index in [0.29, 0.717) is 0 Å². The zero-order chi connectivity index (χ0) is 13.1. The second kappa shape index (κ2) is 6.02. The van der Waals surface area contributed by atoms with Crippen LogP contribution < -0.4 is 0 Å². The largest absolute Gasteiger partial charge is 0.480 e. The van der Waals surface area contributed by atoms with Crippen LogP contribution in [-0.2, 0) is 4.79 Å². The molecule has 2 aliphatic rings. The van der Waals surface area contributed by atoms with E-state index in [4.69, 9.17) is 0 Å². The molecule has 2 rings (SSSR count). The third-order valence-corrected chi connectivity index (χ3v) is 4.47. The maximum Gasteiger partial charge on any atom is 0.321 e. The molecule has 0 aromatic heterocycles. The Hall–Kier alpha value is -0.610. The molecule has 4 heteroatoms. The van der Waals surface area contributed by atoms with Crippen molar-refractivity contribution in [3.8, 4) is 0 Å². The maximum atomic E-state index is 11.3. The summed E-state index contributed by atoms with van der Waals surface area (Å²) in [5.74, 6) is -0.486. The van der Waals surface area contributed by atoms with Gasteiger partial charge in [-0.3, -0.25) is 14.6 Å². The monoisotopic (exact) mass is 254 g/mol. The van der Waals surface area contributed by atoms with Crippen LogP contribution in [0.4, 0.5) is 0 Å². The number of hydrogen-bond donors (Lipinski definition) is 1. The summed E-state index contributed by atoms with van der Waals surface area (Å²) in [6.45, 7) is 7.91. The molecule has 2 fully saturated rings. The van der Waals surface area contributed by atoms with E-state index in [2.05, 4.69) is 9.80 Å². The summed E-state index contributed by atoms with van der Waals surface area (Å²) in [6, 6.07) is 0.463. The van der Waals surface area contributed by atoms with Crippen LogP contribution in [0.5, 0.6) is 0 Å². The van der Waals surface area contributed by atoms with Gasteiger partial charge in [0.25, 0.3) is 0 Å². The van der Waals surface area contributed by atoms with Gasteiger partial charge in [-0.1, -0.05) is 26.7 Å². The number of carboxylic acids is 1. The highest BCUT2D eigenvalue weighted by Gasteiger charge is 2.33. The van der Waals surface area contributed by atoms with Crippen LogP contribution in [0.25, 0.3) is 0 Å². The van der Waals surface area contributed by atoms with Crippen LogP contribution in [0.3, 0.4) is 0 Å². The topological polar surface area (TPSA) is 43.8 Å². The molecule has 1 N–H and O–H groups in total. The highest BCUT2D eigenvalue weighted by atomic mass is 16.4. The zero-order valence-corrected chi connectivity index (χ0v) is 11.6. The van der Waals surface area contributed by atoms with Crippen LogP contribution in [0.1, 0.15) is 39.5 Å². The minimum atomic E-state index is -0.667. The van der Waals surface area contributed by atoms with Crippen LogP contribution in [-0.4, -0.2) is 59.1 Å². The zero-order valence-electron chi connectivity index (χ0n) is 11.6. The molecule has 104 valence electrons. The SMILES string of the molecule is CC(C)C(C(=O)O)N1CCN(C2CCCC2)CC1. The van der Waals surface area contributed by atoms with Gasteiger partial charge in [0.05, 0.1) is 0 Å². The second-order valence-electron chi connectivity index (χ2n) is 6.04. The highest BCUT2D eigenvalue weighted by Crippen LogP contribution is 2.25. The third kappa shape index (κ3) is 3.04. The third-order valence-electron chi connectivity index (χ3n) is 4.47. The lowest BCUT2D eigenvalue weighted by atomic mass is 10.0. The van der Waals surface area contributed by atoms with Crippen molar-refractivity contribution in [1.29, 1.82) is 0 Å². The standard InChI is InChI=1S/C14H26N2O2/c1-11(2)13(14(17)18)16-9-7-15(8-10-16)12-5-3-4-6-12/h11-13H,3-10H2,1-2H3,(H,17,18). The molecule has 1 saturated carbocycles. The molecular weight excluding hydrogens is 228 g/mol. The van der Waals surface area contributed by atoms with Gasteiger partial charge in [0, 0.05) is 32.2 Å². The van der Waals surface area contributed by atoms with Crippen molar-refractivity contribution in [3.63, 3.8) is 0 Å². The molecule has 0 radical (unpaired) electrons. The summed E-state index contributed by atoms with van der Waals surface area (Å²) < 4.78 is 0. The van der Waals surface area contributed by atoms with Crippen LogP contribution in [0.2, 0.25) is 0 Å². The van der Waals surface area contributed by atoms with Gasteiger partial charge >= 0.3 is 5.97 Å². The van der Waals surface area contributed by atoms with Gasteiger partial charge in [-0.05, 0) is 18.8 Å². The first-order valence-electron chi connectivity index (χ1n) is 7.30. The van der Waals surface area contributed by atoms with Gasteiger partial charge in [-0.15, -0.1) is 0 Å². The van der Waals surface area contributed by atoms with Gasteiger partial charge in [0.1, 0.15) is 6.04 Å². The van der Waals surface area contributed by atoms with E-state index in [1.165, 1.54) is 25.7 Å². The Morgan fingerprint density at radius 3 is 2.11 bits per heavy atom. The normalized spacial score (nSPS) is 25.7. The van der Waals surface area contributed by atoms with Crippen molar-refractivity contribution in [3.05, 3.63) is 0 Å². The van der Waals surface area contributed by atoms with Gasteiger partial charge < -0.3 is 5.11 Å². The molecule has 1 aliphatic carbocycles. The predicted molar refractivity (Wildman–Crippen MR) is 71.7 cm³/mol. The van der Waals surface area contributed by atoms with Crippen LogP contribution >= 0.6 is 0 Å². The van der Waals surface area contributed by atoms with Gasteiger partial charge in [0.2, 0.25) is 0 Å². The fourth-order valence-corrected chi connectivity index (χ4v) is 3.51. The summed E-state index contributed by atoms with van der Waals surface area (Å²) in [5.41, 5.74) is 0. The van der Waals surface area contributed by atoms with E-state index in [1.54, 1.807) is 0 Å². The minimum Gasteiger partial charge on any atom is -0.480 e. The quantitative estimate of drug-likeness (QED) is 0.828. The van der Waals surface area contributed by atoms with E-state index < -0.39 is 5.97 Å². The molecule has 1 aliphatic heterocycles. The molecule has 1 atom stereocenters. The smallest absolute Gasteiger partial charge is 0.321 e. The van der Waals surface area contributed by atoms with E-state index >= 15 is 0 Å². The van der Waals surface area contributed by atoms with Crippen molar-refractivity contribution in [2.24, 2.45) is 5.92 Å². The fourth-order valence-electron chi connectivity index (χ4n) is 3.51. The molecular formula is C14H26N2O2. The van der Waals surface area contributed by atoms with Crippen molar-refractivity contribution < 1.29 is 9.90 Å². The number of carbonyl (C=O) groups is 1. The average Bonchev–Trinajstić information content (AvgIpc) is 2.82. The molecule has 0 spiro atoms. The highest BCUT2D eigenvalue weighted by molar-refractivity contribution is 5.73. The number of aliphatic carboxylic acids is 1. The molecule has 18 heavy (non-hydrogen) atoms. The first-order valence-corrected chi connectivity index (χ1v) is 7.30. The van der Waals surface area contributed by atoms with Crippen LogP contribution in [0.15, 0.2) is 0 Å².